The van der Waals surface area contributed by atoms with Gasteiger partial charge in [-0.1, -0.05) is 65.2 Å². The molecule has 0 atom stereocenters. The second kappa shape index (κ2) is 14.6. The predicted molar refractivity (Wildman–Crippen MR) is 86.6 cm³/mol. The van der Waals surface area contributed by atoms with Gasteiger partial charge in [0.15, 0.2) is 0 Å². The summed E-state index contributed by atoms with van der Waals surface area (Å²) in [6.45, 7) is 5.94. The predicted octanol–water partition coefficient (Wildman–Crippen LogP) is 6.15. The number of allylic oxidation sites excluding steroid dienone is 2. The SMILES string of the molecule is CCCCCCCCC=C(CCCCCC)OC(C)=O. The van der Waals surface area contributed by atoms with Crippen molar-refractivity contribution in [3.05, 3.63) is 11.8 Å². The molecule has 0 N–H and O–H groups in total. The number of ether oxygens (including phenoxy) is 1. The van der Waals surface area contributed by atoms with Crippen LogP contribution in [0.1, 0.15) is 97.8 Å². The third-order valence-corrected chi connectivity index (χ3v) is 3.48. The molecule has 0 amide bonds. The van der Waals surface area contributed by atoms with E-state index >= 15 is 0 Å². The maximum absolute atomic E-state index is 11.1. The molecule has 0 bridgehead atoms. The monoisotopic (exact) mass is 282 g/mol. The molecule has 0 aromatic rings. The highest BCUT2D eigenvalue weighted by Gasteiger charge is 2.02. The standard InChI is InChI=1S/C18H34O2/c1-4-6-8-10-11-12-14-16-18(20-17(3)19)15-13-9-7-5-2/h16H,4-15H2,1-3H3. The van der Waals surface area contributed by atoms with Crippen LogP contribution in [-0.2, 0) is 9.53 Å². The Bertz CT molecular complexity index is 256. The first kappa shape index (κ1) is 19.2. The van der Waals surface area contributed by atoms with E-state index in [1.54, 1.807) is 0 Å². The first-order valence-electron chi connectivity index (χ1n) is 8.58. The van der Waals surface area contributed by atoms with Crippen LogP contribution < -0.4 is 0 Å². The van der Waals surface area contributed by atoms with E-state index in [2.05, 4.69) is 19.9 Å². The minimum Gasteiger partial charge on any atom is -0.432 e. The Morgan fingerprint density at radius 1 is 0.850 bits per heavy atom. The van der Waals surface area contributed by atoms with Crippen molar-refractivity contribution < 1.29 is 9.53 Å². The molecule has 0 saturated heterocycles. The summed E-state index contributed by atoms with van der Waals surface area (Å²) in [4.78, 5) is 11.1. The van der Waals surface area contributed by atoms with Crippen molar-refractivity contribution in [2.24, 2.45) is 0 Å². The Balaban J connectivity index is 3.81. The fourth-order valence-electron chi connectivity index (χ4n) is 2.29. The third-order valence-electron chi connectivity index (χ3n) is 3.48. The van der Waals surface area contributed by atoms with Crippen molar-refractivity contribution in [2.75, 3.05) is 0 Å². The molecule has 0 aliphatic heterocycles. The number of rotatable bonds is 13. The summed E-state index contributed by atoms with van der Waals surface area (Å²) in [7, 11) is 0. The van der Waals surface area contributed by atoms with Gasteiger partial charge in [-0.25, -0.2) is 0 Å². The van der Waals surface area contributed by atoms with Crippen molar-refractivity contribution in [2.45, 2.75) is 97.8 Å². The van der Waals surface area contributed by atoms with Crippen molar-refractivity contribution in [1.29, 1.82) is 0 Å². The summed E-state index contributed by atoms with van der Waals surface area (Å²) >= 11 is 0. The van der Waals surface area contributed by atoms with E-state index in [0.717, 1.165) is 25.0 Å². The minimum atomic E-state index is -0.185. The average molecular weight is 282 g/mol. The van der Waals surface area contributed by atoms with Gasteiger partial charge in [0, 0.05) is 13.3 Å². The zero-order valence-electron chi connectivity index (χ0n) is 13.9. The van der Waals surface area contributed by atoms with Gasteiger partial charge in [0.2, 0.25) is 0 Å². The fourth-order valence-corrected chi connectivity index (χ4v) is 2.29. The molecule has 20 heavy (non-hydrogen) atoms. The molecule has 0 aromatic heterocycles. The molecule has 0 radical (unpaired) electrons. The van der Waals surface area contributed by atoms with Crippen LogP contribution in [0.15, 0.2) is 11.8 Å². The Kier molecular flexibility index (Phi) is 14.0. The molecule has 2 nitrogen and oxygen atoms in total. The largest absolute Gasteiger partial charge is 0.432 e. The quantitative estimate of drug-likeness (QED) is 0.230. The van der Waals surface area contributed by atoms with Crippen molar-refractivity contribution in [3.63, 3.8) is 0 Å². The fraction of sp³-hybridized carbons (Fsp3) is 0.833. The van der Waals surface area contributed by atoms with Crippen LogP contribution in [0.25, 0.3) is 0 Å². The Morgan fingerprint density at radius 3 is 2.00 bits per heavy atom. The Labute approximate surface area is 126 Å². The number of carbonyl (C=O) groups excluding carboxylic acids is 1. The average Bonchev–Trinajstić information content (AvgIpc) is 2.41. The molecule has 118 valence electrons. The highest BCUT2D eigenvalue weighted by Crippen LogP contribution is 2.14. The van der Waals surface area contributed by atoms with E-state index < -0.39 is 0 Å². The van der Waals surface area contributed by atoms with Crippen LogP contribution in [0, 0.1) is 0 Å². The number of esters is 1. The molecule has 0 aromatic carbocycles. The van der Waals surface area contributed by atoms with E-state index in [1.165, 1.54) is 64.7 Å². The summed E-state index contributed by atoms with van der Waals surface area (Å²) in [6.07, 6.45) is 16.8. The first-order chi connectivity index (χ1) is 9.70. The van der Waals surface area contributed by atoms with E-state index in [4.69, 9.17) is 4.74 Å². The second-order valence-electron chi connectivity index (χ2n) is 5.63. The molecular weight excluding hydrogens is 248 g/mol. The summed E-state index contributed by atoms with van der Waals surface area (Å²) in [5.74, 6) is 0.705. The van der Waals surface area contributed by atoms with Crippen molar-refractivity contribution in [3.8, 4) is 0 Å². The first-order valence-corrected chi connectivity index (χ1v) is 8.58. The van der Waals surface area contributed by atoms with Gasteiger partial charge in [-0.3, -0.25) is 4.79 Å². The van der Waals surface area contributed by atoms with Crippen LogP contribution in [0.4, 0.5) is 0 Å². The van der Waals surface area contributed by atoms with Crippen LogP contribution in [-0.4, -0.2) is 5.97 Å². The lowest BCUT2D eigenvalue weighted by atomic mass is 10.1. The van der Waals surface area contributed by atoms with E-state index in [-0.39, 0.29) is 5.97 Å². The number of carbonyl (C=O) groups is 1. The van der Waals surface area contributed by atoms with Crippen LogP contribution >= 0.6 is 0 Å². The van der Waals surface area contributed by atoms with Crippen LogP contribution in [0.3, 0.4) is 0 Å². The van der Waals surface area contributed by atoms with Crippen LogP contribution in [0.2, 0.25) is 0 Å². The lowest BCUT2D eigenvalue weighted by Crippen LogP contribution is -1.99. The number of unbranched alkanes of at least 4 members (excludes halogenated alkanes) is 9. The third kappa shape index (κ3) is 13.6. The minimum absolute atomic E-state index is 0.185. The lowest BCUT2D eigenvalue weighted by Gasteiger charge is -2.07. The number of hydrogen-bond donors (Lipinski definition) is 0. The molecule has 0 spiro atoms. The molecule has 0 saturated carbocycles. The Hall–Kier alpha value is -0.790. The highest BCUT2D eigenvalue weighted by molar-refractivity contribution is 5.67. The van der Waals surface area contributed by atoms with E-state index in [0.29, 0.717) is 0 Å². The van der Waals surface area contributed by atoms with Crippen LogP contribution in [0.5, 0.6) is 0 Å². The maximum Gasteiger partial charge on any atom is 0.307 e. The van der Waals surface area contributed by atoms with Gasteiger partial charge in [-0.2, -0.15) is 0 Å². The van der Waals surface area contributed by atoms with E-state index in [9.17, 15) is 4.79 Å². The highest BCUT2D eigenvalue weighted by atomic mass is 16.5. The normalized spacial score (nSPS) is 11.7. The van der Waals surface area contributed by atoms with Gasteiger partial charge in [-0.05, 0) is 25.3 Å². The lowest BCUT2D eigenvalue weighted by molar-refractivity contribution is -0.137. The molecule has 2 heteroatoms. The summed E-state index contributed by atoms with van der Waals surface area (Å²) in [5, 5.41) is 0. The smallest absolute Gasteiger partial charge is 0.307 e. The van der Waals surface area contributed by atoms with Gasteiger partial charge < -0.3 is 4.74 Å². The zero-order chi connectivity index (χ0) is 15.1. The molecule has 0 heterocycles. The summed E-state index contributed by atoms with van der Waals surface area (Å²) < 4.78 is 5.30. The topological polar surface area (TPSA) is 26.3 Å². The van der Waals surface area contributed by atoms with Gasteiger partial charge >= 0.3 is 5.97 Å². The molecule has 0 fully saturated rings. The van der Waals surface area contributed by atoms with Crippen molar-refractivity contribution in [1.82, 2.24) is 0 Å². The molecule has 0 unspecified atom stereocenters. The Morgan fingerprint density at radius 2 is 1.40 bits per heavy atom. The second-order valence-corrected chi connectivity index (χ2v) is 5.63. The van der Waals surface area contributed by atoms with E-state index in [1.807, 2.05) is 0 Å². The molecule has 0 aliphatic carbocycles. The molecular formula is C18H34O2. The number of hydrogen-bond acceptors (Lipinski definition) is 2. The maximum atomic E-state index is 11.1. The van der Waals surface area contributed by atoms with Crippen molar-refractivity contribution >= 4 is 5.97 Å². The molecule has 0 aliphatic rings. The zero-order valence-corrected chi connectivity index (χ0v) is 13.9. The summed E-state index contributed by atoms with van der Waals surface area (Å²) in [6, 6.07) is 0. The summed E-state index contributed by atoms with van der Waals surface area (Å²) in [5.41, 5.74) is 0. The molecule has 0 rings (SSSR count). The van der Waals surface area contributed by atoms with Gasteiger partial charge in [0.1, 0.15) is 5.76 Å². The van der Waals surface area contributed by atoms with Gasteiger partial charge in [-0.15, -0.1) is 0 Å². The van der Waals surface area contributed by atoms with Gasteiger partial charge in [0.05, 0.1) is 0 Å². The van der Waals surface area contributed by atoms with Gasteiger partial charge in [0.25, 0.3) is 0 Å².